The van der Waals surface area contributed by atoms with Gasteiger partial charge in [0.25, 0.3) is 0 Å². The molecule has 0 radical (unpaired) electrons. The van der Waals surface area contributed by atoms with Crippen molar-refractivity contribution in [2.24, 2.45) is 22.7 Å². The first-order chi connectivity index (χ1) is 11.7. The maximum Gasteiger partial charge on any atom is 0.313 e. The maximum atomic E-state index is 12.7. The third-order valence-electron chi connectivity index (χ3n) is 6.78. The van der Waals surface area contributed by atoms with Crippen molar-refractivity contribution in [1.82, 2.24) is 0 Å². The van der Waals surface area contributed by atoms with E-state index >= 15 is 0 Å². The summed E-state index contributed by atoms with van der Waals surface area (Å²) >= 11 is 0. The molecule has 1 heterocycles. The van der Waals surface area contributed by atoms with Crippen molar-refractivity contribution >= 4 is 12.3 Å². The lowest BCUT2D eigenvalue weighted by Gasteiger charge is -2.50. The van der Waals surface area contributed by atoms with Gasteiger partial charge in [-0.1, -0.05) is 25.2 Å². The van der Waals surface area contributed by atoms with E-state index in [2.05, 4.69) is 0 Å². The van der Waals surface area contributed by atoms with Crippen molar-refractivity contribution in [2.75, 3.05) is 6.61 Å². The van der Waals surface area contributed by atoms with Crippen LogP contribution in [-0.4, -0.2) is 40.8 Å². The van der Waals surface area contributed by atoms with E-state index in [1.807, 2.05) is 6.92 Å². The second kappa shape index (κ2) is 6.06. The zero-order valence-electron chi connectivity index (χ0n) is 15.2. The van der Waals surface area contributed by atoms with Gasteiger partial charge in [0.2, 0.25) is 0 Å². The van der Waals surface area contributed by atoms with E-state index in [0.29, 0.717) is 31.4 Å². The zero-order chi connectivity index (χ0) is 18.5. The number of esters is 1. The number of ether oxygens (including phenoxy) is 1. The smallest absolute Gasteiger partial charge is 0.313 e. The highest BCUT2D eigenvalue weighted by atomic mass is 16.5. The summed E-state index contributed by atoms with van der Waals surface area (Å²) in [4.78, 5) is 24.4. The fourth-order valence-electron chi connectivity index (χ4n) is 5.35. The van der Waals surface area contributed by atoms with E-state index in [1.54, 1.807) is 32.1 Å². The third-order valence-corrected chi connectivity index (χ3v) is 6.78. The third kappa shape index (κ3) is 2.68. The van der Waals surface area contributed by atoms with Crippen LogP contribution >= 0.6 is 0 Å². The Kier molecular flexibility index (Phi) is 4.44. The lowest BCUT2D eigenvalue weighted by Crippen LogP contribution is -2.53. The highest BCUT2D eigenvalue weighted by molar-refractivity contribution is 5.83. The minimum absolute atomic E-state index is 0.0613. The van der Waals surface area contributed by atoms with Gasteiger partial charge in [0, 0.05) is 11.3 Å². The number of cyclic esters (lactones) is 1. The second-order valence-corrected chi connectivity index (χ2v) is 8.59. The molecule has 1 aliphatic heterocycles. The van der Waals surface area contributed by atoms with Crippen molar-refractivity contribution in [1.29, 1.82) is 0 Å². The number of aldehydes is 1. The fraction of sp³-hybridized carbons (Fsp3) is 0.700. The summed E-state index contributed by atoms with van der Waals surface area (Å²) < 4.78 is 5.45. The van der Waals surface area contributed by atoms with Crippen LogP contribution < -0.4 is 0 Å². The average Bonchev–Trinajstić information content (AvgIpc) is 3.01. The summed E-state index contributed by atoms with van der Waals surface area (Å²) in [5, 5.41) is 20.3. The second-order valence-electron chi connectivity index (χ2n) is 8.59. The van der Waals surface area contributed by atoms with Crippen LogP contribution in [-0.2, 0) is 14.3 Å². The number of allylic oxidation sites excluding steroid dienone is 3. The summed E-state index contributed by atoms with van der Waals surface area (Å²) in [7, 11) is 0. The largest absolute Gasteiger partial charge is 0.465 e. The van der Waals surface area contributed by atoms with E-state index in [-0.39, 0.29) is 17.8 Å². The van der Waals surface area contributed by atoms with Gasteiger partial charge < -0.3 is 14.9 Å². The van der Waals surface area contributed by atoms with Crippen LogP contribution in [0, 0.1) is 22.7 Å². The van der Waals surface area contributed by atoms with Crippen LogP contribution in [0.25, 0.3) is 0 Å². The van der Waals surface area contributed by atoms with Crippen LogP contribution in [0.5, 0.6) is 0 Å². The van der Waals surface area contributed by atoms with Crippen LogP contribution in [0.4, 0.5) is 0 Å². The van der Waals surface area contributed by atoms with Crippen molar-refractivity contribution in [3.05, 3.63) is 23.8 Å². The molecule has 5 atom stereocenters. The van der Waals surface area contributed by atoms with Crippen molar-refractivity contribution < 1.29 is 24.5 Å². The molecule has 5 heteroatoms. The molecule has 2 N–H and O–H groups in total. The van der Waals surface area contributed by atoms with Gasteiger partial charge in [-0.2, -0.15) is 0 Å². The fourth-order valence-corrected chi connectivity index (χ4v) is 5.35. The Hall–Kier alpha value is -1.46. The molecule has 0 bridgehead atoms. The van der Waals surface area contributed by atoms with E-state index in [4.69, 9.17) is 4.74 Å². The van der Waals surface area contributed by atoms with Crippen molar-refractivity contribution in [3.63, 3.8) is 0 Å². The Morgan fingerprint density at radius 2 is 2.04 bits per heavy atom. The molecule has 0 amide bonds. The van der Waals surface area contributed by atoms with Gasteiger partial charge in [-0.3, -0.25) is 9.59 Å². The first-order valence-corrected chi connectivity index (χ1v) is 9.08. The molecule has 3 aliphatic rings. The number of aliphatic hydroxyl groups excluding tert-OH is 1. The molecule has 2 saturated carbocycles. The molecule has 138 valence electrons. The maximum absolute atomic E-state index is 12.7. The molecule has 1 spiro atoms. The van der Waals surface area contributed by atoms with Crippen LogP contribution in [0.3, 0.4) is 0 Å². The summed E-state index contributed by atoms with van der Waals surface area (Å²) in [5.74, 6) is -0.352. The SMILES string of the molecule is CC(C)(O)/C=C/C=C(/C=O)[C@H]1CC[C@@]2(C)[C@H](O)CC[C@]23C(=O)OC[C@H]13. The van der Waals surface area contributed by atoms with Crippen LogP contribution in [0.2, 0.25) is 0 Å². The summed E-state index contributed by atoms with van der Waals surface area (Å²) in [6, 6.07) is 0. The Morgan fingerprint density at radius 1 is 1.32 bits per heavy atom. The number of carbonyl (C=O) groups excluding carboxylic acids is 2. The van der Waals surface area contributed by atoms with Crippen LogP contribution in [0.15, 0.2) is 23.8 Å². The number of hydrogen-bond donors (Lipinski definition) is 2. The quantitative estimate of drug-likeness (QED) is 0.352. The molecule has 0 aromatic rings. The Morgan fingerprint density at radius 3 is 2.68 bits per heavy atom. The molecule has 1 saturated heterocycles. The Balaban J connectivity index is 1.95. The van der Waals surface area contributed by atoms with Crippen LogP contribution in [0.1, 0.15) is 46.5 Å². The summed E-state index contributed by atoms with van der Waals surface area (Å²) in [5.41, 5.74) is -1.47. The highest BCUT2D eigenvalue weighted by Crippen LogP contribution is 2.67. The normalized spacial score (nSPS) is 41.6. The zero-order valence-corrected chi connectivity index (χ0v) is 15.2. The van der Waals surface area contributed by atoms with E-state index in [0.717, 1.165) is 12.7 Å². The first kappa shape index (κ1) is 18.3. The van der Waals surface area contributed by atoms with Crippen molar-refractivity contribution in [2.45, 2.75) is 58.2 Å². The molecule has 2 aliphatic carbocycles. The van der Waals surface area contributed by atoms with Gasteiger partial charge in [-0.05, 0) is 51.0 Å². The number of hydrogen-bond acceptors (Lipinski definition) is 5. The molecule has 0 aromatic carbocycles. The van der Waals surface area contributed by atoms with Gasteiger partial charge in [-0.25, -0.2) is 0 Å². The predicted molar refractivity (Wildman–Crippen MR) is 92.5 cm³/mol. The lowest BCUT2D eigenvalue weighted by atomic mass is 9.50. The summed E-state index contributed by atoms with van der Waals surface area (Å²) in [6.45, 7) is 5.65. The van der Waals surface area contributed by atoms with Gasteiger partial charge >= 0.3 is 5.97 Å². The van der Waals surface area contributed by atoms with Gasteiger partial charge in [0.1, 0.15) is 6.29 Å². The Labute approximate surface area is 148 Å². The molecule has 25 heavy (non-hydrogen) atoms. The topological polar surface area (TPSA) is 83.8 Å². The molecular weight excluding hydrogens is 320 g/mol. The number of aliphatic hydroxyl groups is 2. The van der Waals surface area contributed by atoms with E-state index in [1.165, 1.54) is 0 Å². The number of carbonyl (C=O) groups is 2. The monoisotopic (exact) mass is 348 g/mol. The number of rotatable bonds is 4. The molecule has 0 aromatic heterocycles. The molecule has 0 unspecified atom stereocenters. The average molecular weight is 348 g/mol. The Bertz CT molecular complexity index is 628. The summed E-state index contributed by atoms with van der Waals surface area (Å²) in [6.07, 6.45) is 8.09. The van der Waals surface area contributed by atoms with Gasteiger partial charge in [0.15, 0.2) is 0 Å². The lowest BCUT2D eigenvalue weighted by molar-refractivity contribution is -0.159. The highest BCUT2D eigenvalue weighted by Gasteiger charge is 2.71. The molecular formula is C20H28O5. The van der Waals surface area contributed by atoms with Crippen molar-refractivity contribution in [3.8, 4) is 0 Å². The van der Waals surface area contributed by atoms with E-state index in [9.17, 15) is 19.8 Å². The molecule has 3 fully saturated rings. The van der Waals surface area contributed by atoms with E-state index < -0.39 is 22.5 Å². The predicted octanol–water partition coefficient (Wildman–Crippen LogP) is 2.17. The molecule has 3 rings (SSSR count). The first-order valence-electron chi connectivity index (χ1n) is 9.08. The molecule has 5 nitrogen and oxygen atoms in total. The van der Waals surface area contributed by atoms with Gasteiger partial charge in [0.05, 0.1) is 23.7 Å². The van der Waals surface area contributed by atoms with Gasteiger partial charge in [-0.15, -0.1) is 0 Å². The minimum atomic E-state index is -0.946. The minimum Gasteiger partial charge on any atom is -0.465 e. The standard InChI is InChI=1S/C20H28O5/c1-18(2,24)8-4-5-13(11-21)14-6-9-19(3)16(22)7-10-20(19)15(14)12-25-17(20)23/h4-5,8,11,14-16,22,24H,6-7,9-10,12H2,1-3H3/b8-4+,13-5-/t14-,15-,16-,19+,20+/m1/s1.